The predicted molar refractivity (Wildman–Crippen MR) is 91.4 cm³/mol. The average Bonchev–Trinajstić information content (AvgIpc) is 3.07. The number of carbonyl (C=O) groups excluding carboxylic acids is 1. The number of fused-ring (bicyclic) bond motifs is 1. The standard InChI is InChI=1S/C15H13ClN2OS2/c1-18(8-10-3-2-6-20-10)15(19)14-13(17)11-7-9(16)4-5-12(11)21-14/h2-7H,8,17H2,1H3. The molecule has 2 N–H and O–H groups in total. The molecule has 108 valence electrons. The Kier molecular flexibility index (Phi) is 3.89. The van der Waals surface area contributed by atoms with E-state index in [2.05, 4.69) is 0 Å². The monoisotopic (exact) mass is 336 g/mol. The zero-order chi connectivity index (χ0) is 15.0. The van der Waals surface area contributed by atoms with Gasteiger partial charge in [-0.3, -0.25) is 4.79 Å². The van der Waals surface area contributed by atoms with E-state index in [1.807, 2.05) is 29.6 Å². The molecule has 0 atom stereocenters. The van der Waals surface area contributed by atoms with E-state index in [4.69, 9.17) is 17.3 Å². The summed E-state index contributed by atoms with van der Waals surface area (Å²) in [5, 5.41) is 3.47. The Morgan fingerprint density at radius 3 is 2.90 bits per heavy atom. The van der Waals surface area contributed by atoms with Crippen LogP contribution in [0.25, 0.3) is 10.1 Å². The summed E-state index contributed by atoms with van der Waals surface area (Å²) in [7, 11) is 1.79. The van der Waals surface area contributed by atoms with Crippen LogP contribution in [0.15, 0.2) is 35.7 Å². The van der Waals surface area contributed by atoms with E-state index in [0.29, 0.717) is 22.1 Å². The van der Waals surface area contributed by atoms with Crippen LogP contribution in [-0.2, 0) is 6.54 Å². The maximum atomic E-state index is 12.6. The molecule has 2 aromatic heterocycles. The number of thiophene rings is 2. The highest BCUT2D eigenvalue weighted by molar-refractivity contribution is 7.21. The first-order chi connectivity index (χ1) is 10.1. The van der Waals surface area contributed by atoms with Crippen molar-refractivity contribution in [3.05, 3.63) is 50.5 Å². The number of nitrogens with two attached hydrogens (primary N) is 1. The second kappa shape index (κ2) is 5.67. The molecule has 2 heterocycles. The normalized spacial score (nSPS) is 11.0. The van der Waals surface area contributed by atoms with Crippen molar-refractivity contribution in [1.82, 2.24) is 4.90 Å². The number of amides is 1. The lowest BCUT2D eigenvalue weighted by Gasteiger charge is -2.15. The van der Waals surface area contributed by atoms with Crippen molar-refractivity contribution in [2.24, 2.45) is 0 Å². The van der Waals surface area contributed by atoms with Crippen LogP contribution < -0.4 is 5.73 Å². The topological polar surface area (TPSA) is 46.3 Å². The third-order valence-corrected chi connectivity index (χ3v) is 5.47. The summed E-state index contributed by atoms with van der Waals surface area (Å²) in [4.78, 5) is 16.0. The van der Waals surface area contributed by atoms with Crippen molar-refractivity contribution in [3.63, 3.8) is 0 Å². The highest BCUT2D eigenvalue weighted by Crippen LogP contribution is 2.36. The van der Waals surface area contributed by atoms with Crippen molar-refractivity contribution in [2.45, 2.75) is 6.54 Å². The minimum Gasteiger partial charge on any atom is -0.397 e. The summed E-state index contributed by atoms with van der Waals surface area (Å²) >= 11 is 9.04. The number of hydrogen-bond donors (Lipinski definition) is 1. The summed E-state index contributed by atoms with van der Waals surface area (Å²) in [5.41, 5.74) is 6.64. The summed E-state index contributed by atoms with van der Waals surface area (Å²) in [6.45, 7) is 0.588. The van der Waals surface area contributed by atoms with Crippen molar-refractivity contribution in [1.29, 1.82) is 0 Å². The zero-order valence-electron chi connectivity index (χ0n) is 11.3. The molecular formula is C15H13ClN2OS2. The van der Waals surface area contributed by atoms with Crippen LogP contribution in [0.1, 0.15) is 14.5 Å². The third-order valence-electron chi connectivity index (χ3n) is 3.20. The van der Waals surface area contributed by atoms with Crippen LogP contribution in [0.4, 0.5) is 5.69 Å². The van der Waals surface area contributed by atoms with E-state index in [9.17, 15) is 4.79 Å². The average molecular weight is 337 g/mol. The van der Waals surface area contributed by atoms with Gasteiger partial charge in [0.15, 0.2) is 0 Å². The zero-order valence-corrected chi connectivity index (χ0v) is 13.7. The van der Waals surface area contributed by atoms with Gasteiger partial charge in [-0.05, 0) is 29.6 Å². The first kappa shape index (κ1) is 14.4. The van der Waals surface area contributed by atoms with E-state index >= 15 is 0 Å². The lowest BCUT2D eigenvalue weighted by Crippen LogP contribution is -2.25. The minimum atomic E-state index is -0.0572. The molecule has 0 aliphatic heterocycles. The number of halogens is 1. The Morgan fingerprint density at radius 2 is 2.19 bits per heavy atom. The molecule has 0 aliphatic rings. The maximum absolute atomic E-state index is 12.6. The Hall–Kier alpha value is -1.56. The molecule has 0 radical (unpaired) electrons. The molecule has 1 amide bonds. The number of nitrogens with zero attached hydrogens (tertiary/aromatic N) is 1. The van der Waals surface area contributed by atoms with Gasteiger partial charge in [-0.15, -0.1) is 22.7 Å². The third kappa shape index (κ3) is 2.77. The highest BCUT2D eigenvalue weighted by atomic mass is 35.5. The Balaban J connectivity index is 1.92. The van der Waals surface area contributed by atoms with Crippen LogP contribution in [-0.4, -0.2) is 17.9 Å². The molecule has 6 heteroatoms. The van der Waals surface area contributed by atoms with Gasteiger partial charge in [-0.1, -0.05) is 17.7 Å². The van der Waals surface area contributed by atoms with E-state index in [1.165, 1.54) is 11.3 Å². The smallest absolute Gasteiger partial charge is 0.266 e. The molecule has 0 unspecified atom stereocenters. The molecule has 21 heavy (non-hydrogen) atoms. The predicted octanol–water partition coefficient (Wildman–Crippen LogP) is 4.47. The Morgan fingerprint density at radius 1 is 1.38 bits per heavy atom. The SMILES string of the molecule is CN(Cc1cccs1)C(=O)c1sc2ccc(Cl)cc2c1N. The van der Waals surface area contributed by atoms with Crippen LogP contribution in [0.2, 0.25) is 5.02 Å². The van der Waals surface area contributed by atoms with Gasteiger partial charge in [0.2, 0.25) is 0 Å². The van der Waals surface area contributed by atoms with Gasteiger partial charge >= 0.3 is 0 Å². The van der Waals surface area contributed by atoms with Crippen molar-refractivity contribution < 1.29 is 4.79 Å². The second-order valence-corrected chi connectivity index (χ2v) is 7.25. The molecule has 0 fully saturated rings. The molecule has 1 aromatic carbocycles. The van der Waals surface area contributed by atoms with Crippen LogP contribution >= 0.6 is 34.3 Å². The van der Waals surface area contributed by atoms with Gasteiger partial charge in [0.1, 0.15) is 4.88 Å². The van der Waals surface area contributed by atoms with Crippen LogP contribution in [0.3, 0.4) is 0 Å². The van der Waals surface area contributed by atoms with Crippen molar-refractivity contribution in [3.8, 4) is 0 Å². The van der Waals surface area contributed by atoms with Gasteiger partial charge in [-0.2, -0.15) is 0 Å². The van der Waals surface area contributed by atoms with Gasteiger partial charge in [0.25, 0.3) is 5.91 Å². The molecule has 0 spiro atoms. The van der Waals surface area contributed by atoms with Gasteiger partial charge in [-0.25, -0.2) is 0 Å². The summed E-state index contributed by atoms with van der Waals surface area (Å²) in [5.74, 6) is -0.0572. The number of anilines is 1. The van der Waals surface area contributed by atoms with Crippen molar-refractivity contribution >= 4 is 56.0 Å². The number of benzene rings is 1. The molecule has 0 saturated carbocycles. The largest absolute Gasteiger partial charge is 0.397 e. The maximum Gasteiger partial charge on any atom is 0.266 e. The lowest BCUT2D eigenvalue weighted by atomic mass is 10.2. The first-order valence-electron chi connectivity index (χ1n) is 6.31. The van der Waals surface area contributed by atoms with Gasteiger partial charge in [0, 0.05) is 27.0 Å². The summed E-state index contributed by atoms with van der Waals surface area (Å²) < 4.78 is 0.977. The molecule has 3 aromatic rings. The lowest BCUT2D eigenvalue weighted by molar-refractivity contribution is 0.0792. The number of nitrogen functional groups attached to an aromatic ring is 1. The summed E-state index contributed by atoms with van der Waals surface area (Å²) in [6.07, 6.45) is 0. The molecule has 0 saturated heterocycles. The highest BCUT2D eigenvalue weighted by Gasteiger charge is 2.20. The van der Waals surface area contributed by atoms with Gasteiger partial charge in [0.05, 0.1) is 12.2 Å². The second-order valence-electron chi connectivity index (χ2n) is 4.73. The Bertz CT molecular complexity index is 795. The van der Waals surface area contributed by atoms with Gasteiger partial charge < -0.3 is 10.6 Å². The molecular weight excluding hydrogens is 324 g/mol. The van der Waals surface area contributed by atoms with E-state index in [1.54, 1.807) is 29.4 Å². The molecule has 3 rings (SSSR count). The fraction of sp³-hybridized carbons (Fsp3) is 0.133. The quantitative estimate of drug-likeness (QED) is 0.767. The molecule has 0 bridgehead atoms. The molecule has 0 aliphatic carbocycles. The minimum absolute atomic E-state index is 0.0572. The fourth-order valence-corrected chi connectivity index (χ4v) is 4.16. The Labute approximate surface area is 135 Å². The van der Waals surface area contributed by atoms with Crippen LogP contribution in [0, 0.1) is 0 Å². The van der Waals surface area contributed by atoms with E-state index in [0.717, 1.165) is 15.0 Å². The first-order valence-corrected chi connectivity index (χ1v) is 8.39. The van der Waals surface area contributed by atoms with E-state index in [-0.39, 0.29) is 5.91 Å². The number of rotatable bonds is 3. The number of hydrogen-bond acceptors (Lipinski definition) is 4. The molecule has 3 nitrogen and oxygen atoms in total. The number of carbonyl (C=O) groups is 1. The van der Waals surface area contributed by atoms with Crippen molar-refractivity contribution in [2.75, 3.05) is 12.8 Å². The summed E-state index contributed by atoms with van der Waals surface area (Å²) in [6, 6.07) is 9.51. The van der Waals surface area contributed by atoms with Crippen LogP contribution in [0.5, 0.6) is 0 Å². The van der Waals surface area contributed by atoms with E-state index < -0.39 is 0 Å². The fourth-order valence-electron chi connectivity index (χ4n) is 2.13.